The highest BCUT2D eigenvalue weighted by Crippen LogP contribution is 2.21. The van der Waals surface area contributed by atoms with Crippen LogP contribution < -0.4 is 0 Å². The van der Waals surface area contributed by atoms with Gasteiger partial charge in [-0.3, -0.25) is 4.79 Å². The Labute approximate surface area is 165 Å². The summed E-state index contributed by atoms with van der Waals surface area (Å²) < 4.78 is 28.9. The molecule has 148 valence electrons. The molecule has 0 unspecified atom stereocenters. The summed E-state index contributed by atoms with van der Waals surface area (Å²) in [5.41, 5.74) is 3.05. The van der Waals surface area contributed by atoms with E-state index in [9.17, 15) is 18.0 Å². The normalized spacial score (nSPS) is 14.9. The lowest BCUT2D eigenvalue weighted by atomic mass is 9.99. The van der Waals surface area contributed by atoms with E-state index in [-0.39, 0.29) is 16.4 Å². The molecular weight excluding hydrogens is 378 g/mol. The van der Waals surface area contributed by atoms with Gasteiger partial charge in [-0.15, -0.1) is 0 Å². The molecule has 7 heteroatoms. The van der Waals surface area contributed by atoms with Crippen LogP contribution in [0.4, 0.5) is 0 Å². The van der Waals surface area contributed by atoms with Crippen LogP contribution >= 0.6 is 0 Å². The van der Waals surface area contributed by atoms with Crippen molar-refractivity contribution in [3.8, 4) is 0 Å². The number of nitrogens with zero attached hydrogens (tertiary/aromatic N) is 1. The summed E-state index contributed by atoms with van der Waals surface area (Å²) in [6.07, 6.45) is 0.879. The first-order valence-electron chi connectivity index (χ1n) is 9.04. The van der Waals surface area contributed by atoms with Crippen molar-refractivity contribution in [3.05, 3.63) is 64.7 Å². The standard InChI is InChI=1S/C21H23NO5S/c1-14-8-9-18(28(3,25)26)12-19(14)21(24)27-15(2)20(23)22-11-10-16-6-4-5-7-17(16)13-22/h4-9,12,15H,10-11,13H2,1-3H3/t15-/m1/s1. The maximum Gasteiger partial charge on any atom is 0.339 e. The number of sulfone groups is 1. The number of esters is 1. The van der Waals surface area contributed by atoms with Gasteiger partial charge in [-0.1, -0.05) is 30.3 Å². The number of amides is 1. The summed E-state index contributed by atoms with van der Waals surface area (Å²) in [5.74, 6) is -0.971. The molecule has 2 aromatic carbocycles. The molecule has 0 bridgehead atoms. The van der Waals surface area contributed by atoms with Crippen LogP contribution in [0.1, 0.15) is 34.0 Å². The second-order valence-corrected chi connectivity index (χ2v) is 9.09. The number of hydrogen-bond acceptors (Lipinski definition) is 5. The second-order valence-electron chi connectivity index (χ2n) is 7.07. The minimum atomic E-state index is -3.45. The molecule has 0 N–H and O–H groups in total. The van der Waals surface area contributed by atoms with Gasteiger partial charge in [0.2, 0.25) is 0 Å². The van der Waals surface area contributed by atoms with Gasteiger partial charge in [0.1, 0.15) is 0 Å². The number of aryl methyl sites for hydroxylation is 1. The third-order valence-corrected chi connectivity index (χ3v) is 6.04. The van der Waals surface area contributed by atoms with Gasteiger partial charge in [-0.25, -0.2) is 13.2 Å². The van der Waals surface area contributed by atoms with Crippen LogP contribution in [-0.2, 0) is 32.3 Å². The van der Waals surface area contributed by atoms with Crippen molar-refractivity contribution in [1.82, 2.24) is 4.90 Å². The molecule has 1 atom stereocenters. The van der Waals surface area contributed by atoms with Gasteiger partial charge in [0.25, 0.3) is 5.91 Å². The van der Waals surface area contributed by atoms with Gasteiger partial charge in [0, 0.05) is 19.3 Å². The zero-order valence-corrected chi connectivity index (χ0v) is 17.0. The maximum atomic E-state index is 12.7. The SMILES string of the molecule is Cc1ccc(S(C)(=O)=O)cc1C(=O)O[C@H](C)C(=O)N1CCc2ccccc2C1. The molecule has 0 saturated carbocycles. The Morgan fingerprint density at radius 3 is 2.46 bits per heavy atom. The first-order chi connectivity index (χ1) is 13.2. The molecule has 0 saturated heterocycles. The Kier molecular flexibility index (Phi) is 5.56. The van der Waals surface area contributed by atoms with Gasteiger partial charge in [0.15, 0.2) is 15.9 Å². The molecule has 1 heterocycles. The van der Waals surface area contributed by atoms with Crippen LogP contribution in [0.5, 0.6) is 0 Å². The van der Waals surface area contributed by atoms with Gasteiger partial charge in [-0.2, -0.15) is 0 Å². The number of carbonyl (C=O) groups is 2. The van der Waals surface area contributed by atoms with Crippen LogP contribution in [0.25, 0.3) is 0 Å². The van der Waals surface area contributed by atoms with E-state index >= 15 is 0 Å². The Hall–Kier alpha value is -2.67. The number of rotatable bonds is 4. The third kappa shape index (κ3) is 4.25. The van der Waals surface area contributed by atoms with E-state index in [1.54, 1.807) is 17.9 Å². The molecular formula is C21H23NO5S. The minimum Gasteiger partial charge on any atom is -0.449 e. The molecule has 28 heavy (non-hydrogen) atoms. The first-order valence-corrected chi connectivity index (χ1v) is 10.9. The summed E-state index contributed by atoms with van der Waals surface area (Å²) in [6.45, 7) is 4.28. The monoisotopic (exact) mass is 401 g/mol. The Bertz CT molecular complexity index is 1030. The zero-order valence-electron chi connectivity index (χ0n) is 16.1. The quantitative estimate of drug-likeness (QED) is 0.736. The smallest absolute Gasteiger partial charge is 0.339 e. The largest absolute Gasteiger partial charge is 0.449 e. The number of carbonyl (C=O) groups excluding carboxylic acids is 2. The Morgan fingerprint density at radius 2 is 1.79 bits per heavy atom. The maximum absolute atomic E-state index is 12.7. The van der Waals surface area contributed by atoms with Crippen molar-refractivity contribution in [1.29, 1.82) is 0 Å². The fraction of sp³-hybridized carbons (Fsp3) is 0.333. The molecule has 1 aliphatic heterocycles. The van der Waals surface area contributed by atoms with Gasteiger partial charge in [-0.05, 0) is 49.1 Å². The minimum absolute atomic E-state index is 0.0386. The van der Waals surface area contributed by atoms with Crippen molar-refractivity contribution in [2.75, 3.05) is 12.8 Å². The van der Waals surface area contributed by atoms with E-state index in [4.69, 9.17) is 4.74 Å². The molecule has 1 amide bonds. The van der Waals surface area contributed by atoms with Gasteiger partial charge in [0.05, 0.1) is 10.5 Å². The Morgan fingerprint density at radius 1 is 1.11 bits per heavy atom. The highest BCUT2D eigenvalue weighted by molar-refractivity contribution is 7.90. The topological polar surface area (TPSA) is 80.7 Å². The highest BCUT2D eigenvalue weighted by atomic mass is 32.2. The van der Waals surface area contributed by atoms with E-state index in [0.717, 1.165) is 18.2 Å². The lowest BCUT2D eigenvalue weighted by Crippen LogP contribution is -2.42. The molecule has 0 aliphatic carbocycles. The van der Waals surface area contributed by atoms with Crippen molar-refractivity contribution in [3.63, 3.8) is 0 Å². The van der Waals surface area contributed by atoms with Crippen molar-refractivity contribution >= 4 is 21.7 Å². The van der Waals surface area contributed by atoms with E-state index in [1.165, 1.54) is 24.6 Å². The first kappa shape index (κ1) is 20.1. The summed E-state index contributed by atoms with van der Waals surface area (Å²) in [6, 6.07) is 12.3. The number of fused-ring (bicyclic) bond motifs is 1. The second kappa shape index (κ2) is 7.75. The fourth-order valence-corrected chi connectivity index (χ4v) is 3.91. The molecule has 3 rings (SSSR count). The zero-order chi connectivity index (χ0) is 20.5. The average Bonchev–Trinajstić information content (AvgIpc) is 2.66. The van der Waals surface area contributed by atoms with Crippen molar-refractivity contribution < 1.29 is 22.7 Å². The average molecular weight is 401 g/mol. The van der Waals surface area contributed by atoms with E-state index < -0.39 is 21.9 Å². The van der Waals surface area contributed by atoms with Crippen molar-refractivity contribution in [2.24, 2.45) is 0 Å². The predicted molar refractivity (Wildman–Crippen MR) is 105 cm³/mol. The molecule has 6 nitrogen and oxygen atoms in total. The van der Waals surface area contributed by atoms with E-state index in [2.05, 4.69) is 6.07 Å². The van der Waals surface area contributed by atoms with E-state index in [0.29, 0.717) is 18.7 Å². The molecule has 0 aromatic heterocycles. The lowest BCUT2D eigenvalue weighted by molar-refractivity contribution is -0.140. The van der Waals surface area contributed by atoms with Gasteiger partial charge >= 0.3 is 5.97 Å². The third-order valence-electron chi connectivity index (χ3n) is 4.93. The number of benzene rings is 2. The molecule has 0 fully saturated rings. The summed E-state index contributed by atoms with van der Waals surface area (Å²) in [5, 5.41) is 0. The summed E-state index contributed by atoms with van der Waals surface area (Å²) in [4.78, 5) is 27.0. The molecule has 0 spiro atoms. The van der Waals surface area contributed by atoms with Crippen molar-refractivity contribution in [2.45, 2.75) is 37.8 Å². The van der Waals surface area contributed by atoms with Crippen LogP contribution in [0.3, 0.4) is 0 Å². The fourth-order valence-electron chi connectivity index (χ4n) is 3.27. The lowest BCUT2D eigenvalue weighted by Gasteiger charge is -2.30. The van der Waals surface area contributed by atoms with Crippen LogP contribution in [0.15, 0.2) is 47.4 Å². The predicted octanol–water partition coefficient (Wildman–Crippen LogP) is 2.53. The van der Waals surface area contributed by atoms with Crippen LogP contribution in [-0.4, -0.2) is 44.1 Å². The molecule has 2 aromatic rings. The molecule has 0 radical (unpaired) electrons. The highest BCUT2D eigenvalue weighted by Gasteiger charge is 2.28. The summed E-state index contributed by atoms with van der Waals surface area (Å²) >= 11 is 0. The molecule has 1 aliphatic rings. The van der Waals surface area contributed by atoms with Crippen LogP contribution in [0.2, 0.25) is 0 Å². The number of hydrogen-bond donors (Lipinski definition) is 0. The Balaban J connectivity index is 1.72. The number of ether oxygens (including phenoxy) is 1. The summed E-state index contributed by atoms with van der Waals surface area (Å²) in [7, 11) is -3.45. The van der Waals surface area contributed by atoms with E-state index in [1.807, 2.05) is 18.2 Å². The van der Waals surface area contributed by atoms with Crippen LogP contribution in [0, 0.1) is 6.92 Å². The van der Waals surface area contributed by atoms with Gasteiger partial charge < -0.3 is 9.64 Å².